The number of hydrogen-bond donors (Lipinski definition) is 1. The molecule has 0 spiro atoms. The minimum atomic E-state index is 0.315. The van der Waals surface area contributed by atoms with Crippen LogP contribution in [-0.4, -0.2) is 24.5 Å². The summed E-state index contributed by atoms with van der Waals surface area (Å²) in [5, 5.41) is 8.07. The molecule has 0 aromatic carbocycles. The third-order valence-corrected chi connectivity index (χ3v) is 2.07. The van der Waals surface area contributed by atoms with Crippen molar-refractivity contribution in [2.45, 2.75) is 13.0 Å². The van der Waals surface area contributed by atoms with E-state index in [2.05, 4.69) is 15.2 Å². The first kappa shape index (κ1) is 8.74. The molecule has 0 aliphatic rings. The van der Waals surface area contributed by atoms with Gasteiger partial charge in [0.2, 0.25) is 5.95 Å². The van der Waals surface area contributed by atoms with E-state index in [0.29, 0.717) is 5.95 Å². The van der Waals surface area contributed by atoms with E-state index in [1.165, 1.54) is 5.69 Å². The molecule has 0 unspecified atom stereocenters. The van der Waals surface area contributed by atoms with Crippen molar-refractivity contribution in [3.05, 3.63) is 24.3 Å². The van der Waals surface area contributed by atoms with Crippen molar-refractivity contribution in [1.82, 2.24) is 24.5 Å². The normalized spacial score (nSPS) is 10.6. The molecule has 0 saturated carbocycles. The highest BCUT2D eigenvalue weighted by atomic mass is 15.4. The second-order valence-electron chi connectivity index (χ2n) is 3.06. The molecule has 2 rings (SSSR count). The Hall–Kier alpha value is -1.85. The Bertz CT molecular complexity index is 415. The highest BCUT2D eigenvalue weighted by Gasteiger charge is 2.00. The van der Waals surface area contributed by atoms with E-state index in [1.807, 2.05) is 17.8 Å². The van der Waals surface area contributed by atoms with Crippen LogP contribution in [-0.2, 0) is 20.0 Å². The molecule has 2 heterocycles. The number of aromatic nitrogens is 5. The lowest BCUT2D eigenvalue weighted by atomic mass is 10.3. The monoisotopic (exact) mass is 192 g/mol. The molecule has 2 aromatic rings. The van der Waals surface area contributed by atoms with Gasteiger partial charge in [-0.3, -0.25) is 9.36 Å². The van der Waals surface area contributed by atoms with Crippen LogP contribution in [0.1, 0.15) is 5.69 Å². The van der Waals surface area contributed by atoms with Crippen LogP contribution in [0.25, 0.3) is 0 Å². The number of nitrogens with two attached hydrogens (primary N) is 1. The van der Waals surface area contributed by atoms with Crippen molar-refractivity contribution < 1.29 is 0 Å². The SMILES string of the molecule is Cn1nccc1CCn1cnc(N)n1. The zero-order chi connectivity index (χ0) is 9.97. The average Bonchev–Trinajstić information content (AvgIpc) is 2.72. The summed E-state index contributed by atoms with van der Waals surface area (Å²) in [7, 11) is 1.92. The molecule has 0 radical (unpaired) electrons. The van der Waals surface area contributed by atoms with Crippen LogP contribution in [0.4, 0.5) is 5.95 Å². The maximum atomic E-state index is 5.40. The molecule has 6 nitrogen and oxygen atoms in total. The maximum Gasteiger partial charge on any atom is 0.239 e. The summed E-state index contributed by atoms with van der Waals surface area (Å²) in [5.74, 6) is 0.315. The Morgan fingerprint density at radius 3 is 2.93 bits per heavy atom. The Balaban J connectivity index is 1.98. The van der Waals surface area contributed by atoms with Crippen LogP contribution in [0.2, 0.25) is 0 Å². The summed E-state index contributed by atoms with van der Waals surface area (Å²) in [5.41, 5.74) is 6.56. The Labute approximate surface area is 81.4 Å². The standard InChI is InChI=1S/C8H12N6/c1-13-7(2-4-11-13)3-5-14-6-10-8(9)12-14/h2,4,6H,3,5H2,1H3,(H2,9,12). The lowest BCUT2D eigenvalue weighted by molar-refractivity contribution is 0.586. The van der Waals surface area contributed by atoms with Crippen LogP contribution >= 0.6 is 0 Å². The topological polar surface area (TPSA) is 74.5 Å². The van der Waals surface area contributed by atoms with Gasteiger partial charge in [-0.15, -0.1) is 5.10 Å². The van der Waals surface area contributed by atoms with Crippen LogP contribution in [0.5, 0.6) is 0 Å². The van der Waals surface area contributed by atoms with Gasteiger partial charge in [0.25, 0.3) is 0 Å². The van der Waals surface area contributed by atoms with E-state index in [1.54, 1.807) is 17.2 Å². The zero-order valence-electron chi connectivity index (χ0n) is 7.96. The fourth-order valence-corrected chi connectivity index (χ4v) is 1.29. The van der Waals surface area contributed by atoms with Gasteiger partial charge in [-0.25, -0.2) is 4.98 Å². The summed E-state index contributed by atoms with van der Waals surface area (Å²) in [4.78, 5) is 3.85. The van der Waals surface area contributed by atoms with E-state index in [9.17, 15) is 0 Å². The molecule has 2 N–H and O–H groups in total. The van der Waals surface area contributed by atoms with Crippen LogP contribution in [0.15, 0.2) is 18.6 Å². The molecular weight excluding hydrogens is 180 g/mol. The predicted octanol–water partition coefficient (Wildman–Crippen LogP) is -0.163. The van der Waals surface area contributed by atoms with Crippen LogP contribution < -0.4 is 5.73 Å². The van der Waals surface area contributed by atoms with Gasteiger partial charge >= 0.3 is 0 Å². The van der Waals surface area contributed by atoms with E-state index in [4.69, 9.17) is 5.73 Å². The second kappa shape index (κ2) is 3.49. The predicted molar refractivity (Wildman–Crippen MR) is 51.3 cm³/mol. The molecule has 0 fully saturated rings. The van der Waals surface area contributed by atoms with Crippen molar-refractivity contribution in [3.63, 3.8) is 0 Å². The van der Waals surface area contributed by atoms with Gasteiger partial charge in [0, 0.05) is 31.9 Å². The summed E-state index contributed by atoms with van der Waals surface area (Å²) >= 11 is 0. The largest absolute Gasteiger partial charge is 0.367 e. The lowest BCUT2D eigenvalue weighted by Gasteiger charge is -2.01. The maximum absolute atomic E-state index is 5.40. The van der Waals surface area contributed by atoms with Crippen molar-refractivity contribution in [2.24, 2.45) is 7.05 Å². The molecule has 0 aliphatic carbocycles. The molecule has 6 heteroatoms. The Morgan fingerprint density at radius 2 is 2.36 bits per heavy atom. The van der Waals surface area contributed by atoms with Gasteiger partial charge in [0.1, 0.15) is 6.33 Å². The van der Waals surface area contributed by atoms with Gasteiger partial charge in [-0.2, -0.15) is 5.10 Å². The highest BCUT2D eigenvalue weighted by Crippen LogP contribution is 1.99. The number of nitrogens with zero attached hydrogens (tertiary/aromatic N) is 5. The van der Waals surface area contributed by atoms with E-state index in [0.717, 1.165) is 13.0 Å². The first-order valence-electron chi connectivity index (χ1n) is 4.37. The Kier molecular flexibility index (Phi) is 2.18. The first-order valence-corrected chi connectivity index (χ1v) is 4.37. The molecule has 74 valence electrons. The number of anilines is 1. The number of aryl methyl sites for hydroxylation is 3. The van der Waals surface area contributed by atoms with Crippen molar-refractivity contribution in [3.8, 4) is 0 Å². The minimum absolute atomic E-state index is 0.315. The average molecular weight is 192 g/mol. The summed E-state index contributed by atoms with van der Waals surface area (Å²) in [6, 6.07) is 1.99. The quantitative estimate of drug-likeness (QED) is 0.733. The van der Waals surface area contributed by atoms with Gasteiger partial charge in [0.05, 0.1) is 0 Å². The summed E-state index contributed by atoms with van der Waals surface area (Å²) in [6.45, 7) is 0.768. The van der Waals surface area contributed by atoms with Crippen molar-refractivity contribution >= 4 is 5.95 Å². The molecule has 0 atom stereocenters. The van der Waals surface area contributed by atoms with Gasteiger partial charge in [-0.1, -0.05) is 0 Å². The third-order valence-electron chi connectivity index (χ3n) is 2.07. The fourth-order valence-electron chi connectivity index (χ4n) is 1.29. The molecule has 14 heavy (non-hydrogen) atoms. The van der Waals surface area contributed by atoms with Crippen LogP contribution in [0, 0.1) is 0 Å². The minimum Gasteiger partial charge on any atom is -0.367 e. The fraction of sp³-hybridized carbons (Fsp3) is 0.375. The Morgan fingerprint density at radius 1 is 1.50 bits per heavy atom. The van der Waals surface area contributed by atoms with E-state index < -0.39 is 0 Å². The smallest absolute Gasteiger partial charge is 0.239 e. The zero-order valence-corrected chi connectivity index (χ0v) is 7.96. The van der Waals surface area contributed by atoms with Gasteiger partial charge in [0.15, 0.2) is 0 Å². The number of nitrogen functional groups attached to an aromatic ring is 1. The van der Waals surface area contributed by atoms with Crippen LogP contribution in [0.3, 0.4) is 0 Å². The number of hydrogen-bond acceptors (Lipinski definition) is 4. The second-order valence-corrected chi connectivity index (χ2v) is 3.06. The molecular formula is C8H12N6. The highest BCUT2D eigenvalue weighted by molar-refractivity contribution is 5.09. The van der Waals surface area contributed by atoms with E-state index >= 15 is 0 Å². The van der Waals surface area contributed by atoms with Gasteiger partial charge < -0.3 is 5.73 Å². The van der Waals surface area contributed by atoms with E-state index in [-0.39, 0.29) is 0 Å². The lowest BCUT2D eigenvalue weighted by Crippen LogP contribution is -2.06. The molecule has 0 saturated heterocycles. The molecule has 0 aliphatic heterocycles. The summed E-state index contributed by atoms with van der Waals surface area (Å²) < 4.78 is 3.57. The first-order chi connectivity index (χ1) is 6.75. The third kappa shape index (κ3) is 1.73. The van der Waals surface area contributed by atoms with Gasteiger partial charge in [-0.05, 0) is 6.07 Å². The summed E-state index contributed by atoms with van der Waals surface area (Å²) in [6.07, 6.45) is 4.29. The molecule has 2 aromatic heterocycles. The number of rotatable bonds is 3. The van der Waals surface area contributed by atoms with Crippen molar-refractivity contribution in [2.75, 3.05) is 5.73 Å². The molecule has 0 amide bonds. The van der Waals surface area contributed by atoms with Crippen molar-refractivity contribution in [1.29, 1.82) is 0 Å². The molecule has 0 bridgehead atoms.